The van der Waals surface area contributed by atoms with Gasteiger partial charge in [-0.2, -0.15) is 0 Å². The number of likely N-dealkylation sites (N-methyl/N-ethyl adjacent to an activating group) is 1. The topological polar surface area (TPSA) is 88.6 Å². The third-order valence-electron chi connectivity index (χ3n) is 7.46. The van der Waals surface area contributed by atoms with Crippen LogP contribution in [-0.4, -0.2) is 92.6 Å². The second-order valence-electron chi connectivity index (χ2n) is 12.8. The molecule has 0 saturated carbocycles. The lowest BCUT2D eigenvalue weighted by Gasteiger charge is -2.39. The molecule has 1 saturated heterocycles. The van der Waals surface area contributed by atoms with Gasteiger partial charge in [0, 0.05) is 39.6 Å². The smallest absolute Gasteiger partial charge is 0.410 e. The minimum absolute atomic E-state index is 0.00205. The molecule has 1 fully saturated rings. The summed E-state index contributed by atoms with van der Waals surface area (Å²) in [6.45, 7) is 18.7. The zero-order valence-corrected chi connectivity index (χ0v) is 26.4. The van der Waals surface area contributed by atoms with E-state index in [0.29, 0.717) is 39.2 Å². The third kappa shape index (κ3) is 10.5. The Morgan fingerprint density at radius 3 is 2.05 bits per heavy atom. The summed E-state index contributed by atoms with van der Waals surface area (Å²) in [6.07, 6.45) is -0.0699. The van der Waals surface area contributed by atoms with Gasteiger partial charge in [0.15, 0.2) is 8.32 Å². The highest BCUT2D eigenvalue weighted by molar-refractivity contribution is 6.74. The highest BCUT2D eigenvalue weighted by Gasteiger charge is 2.38. The van der Waals surface area contributed by atoms with Crippen LogP contribution in [0, 0.1) is 0 Å². The second kappa shape index (κ2) is 13.7. The van der Waals surface area contributed by atoms with Crippen LogP contribution in [-0.2, 0) is 25.3 Å². The molecule has 2 rings (SSSR count). The molecule has 10 heteroatoms. The third-order valence-corrected chi connectivity index (χ3v) is 12.0. The quantitative estimate of drug-likeness (QED) is 0.369. The van der Waals surface area contributed by atoms with Crippen molar-refractivity contribution in [3.05, 3.63) is 35.9 Å². The summed E-state index contributed by atoms with van der Waals surface area (Å²) in [5, 5.41) is 0.0214. The van der Waals surface area contributed by atoms with E-state index in [1.54, 1.807) is 21.7 Å². The molecule has 1 aliphatic heterocycles. The lowest BCUT2D eigenvalue weighted by molar-refractivity contribution is -0.133. The molecule has 1 aromatic rings. The predicted molar refractivity (Wildman–Crippen MR) is 155 cm³/mol. The SMILES string of the molecule is CN(C(=O)OCc1ccccc1)C(CCC(=O)N1CCN(C(=O)OC(C)(C)C)CC1)CO[Si](C)(C)C(C)(C)C. The van der Waals surface area contributed by atoms with Crippen molar-refractivity contribution < 1.29 is 28.3 Å². The van der Waals surface area contributed by atoms with Gasteiger partial charge in [0.2, 0.25) is 5.91 Å². The maximum Gasteiger partial charge on any atom is 0.410 e. The number of benzene rings is 1. The Morgan fingerprint density at radius 2 is 1.51 bits per heavy atom. The molecule has 0 aliphatic carbocycles. The van der Waals surface area contributed by atoms with Crippen molar-refractivity contribution in [1.29, 1.82) is 0 Å². The molecule has 0 bridgehead atoms. The molecular formula is C29H49N3O6Si. The highest BCUT2D eigenvalue weighted by atomic mass is 28.4. The van der Waals surface area contributed by atoms with Crippen LogP contribution in [0.4, 0.5) is 9.59 Å². The van der Waals surface area contributed by atoms with Crippen LogP contribution in [0.3, 0.4) is 0 Å². The molecule has 1 aliphatic rings. The maximum atomic E-state index is 13.1. The molecule has 3 amide bonds. The Bertz CT molecular complexity index is 950. The molecule has 1 heterocycles. The van der Waals surface area contributed by atoms with Crippen molar-refractivity contribution in [2.75, 3.05) is 39.8 Å². The number of carbonyl (C=O) groups is 3. The average Bonchev–Trinajstić information content (AvgIpc) is 2.85. The zero-order chi connectivity index (χ0) is 29.4. The van der Waals surface area contributed by atoms with Crippen molar-refractivity contribution >= 4 is 26.4 Å². The van der Waals surface area contributed by atoms with Crippen molar-refractivity contribution in [2.24, 2.45) is 0 Å². The molecule has 0 N–H and O–H groups in total. The summed E-state index contributed by atoms with van der Waals surface area (Å²) in [5.41, 5.74) is 0.355. The normalized spacial score (nSPS) is 15.5. The number of hydrogen-bond donors (Lipinski definition) is 0. The van der Waals surface area contributed by atoms with E-state index in [1.165, 1.54) is 0 Å². The van der Waals surface area contributed by atoms with Crippen molar-refractivity contribution in [3.63, 3.8) is 0 Å². The number of amides is 3. The Labute approximate surface area is 235 Å². The molecule has 220 valence electrons. The minimum Gasteiger partial charge on any atom is -0.445 e. The van der Waals surface area contributed by atoms with Crippen LogP contribution < -0.4 is 0 Å². The number of rotatable bonds is 9. The summed E-state index contributed by atoms with van der Waals surface area (Å²) in [7, 11) is -0.362. The lowest BCUT2D eigenvalue weighted by atomic mass is 10.1. The van der Waals surface area contributed by atoms with E-state index in [0.717, 1.165) is 5.56 Å². The fourth-order valence-corrected chi connectivity index (χ4v) is 4.84. The first-order chi connectivity index (χ1) is 18.0. The van der Waals surface area contributed by atoms with Gasteiger partial charge in [0.1, 0.15) is 12.2 Å². The Balaban J connectivity index is 1.98. The van der Waals surface area contributed by atoms with E-state index in [2.05, 4.69) is 33.9 Å². The van der Waals surface area contributed by atoms with Crippen molar-refractivity contribution in [1.82, 2.24) is 14.7 Å². The number of nitrogens with zero attached hydrogens (tertiary/aromatic N) is 3. The first kappa shape index (κ1) is 32.6. The van der Waals surface area contributed by atoms with E-state index in [4.69, 9.17) is 13.9 Å². The molecule has 0 radical (unpaired) electrons. The van der Waals surface area contributed by atoms with Crippen molar-refractivity contribution in [2.45, 2.75) is 90.8 Å². The molecule has 39 heavy (non-hydrogen) atoms. The molecular weight excluding hydrogens is 514 g/mol. The van der Waals surface area contributed by atoms with E-state index < -0.39 is 20.0 Å². The molecule has 1 aromatic carbocycles. The summed E-state index contributed by atoms with van der Waals surface area (Å²) in [5.74, 6) is 0.00205. The second-order valence-corrected chi connectivity index (χ2v) is 17.6. The van der Waals surface area contributed by atoms with Crippen molar-refractivity contribution in [3.8, 4) is 0 Å². The first-order valence-electron chi connectivity index (χ1n) is 13.8. The Morgan fingerprint density at radius 1 is 0.949 bits per heavy atom. The van der Waals surface area contributed by atoms with Gasteiger partial charge < -0.3 is 28.6 Å². The van der Waals surface area contributed by atoms with Gasteiger partial charge in [-0.25, -0.2) is 9.59 Å². The van der Waals surface area contributed by atoms with Crippen LogP contribution in [0.25, 0.3) is 0 Å². The van der Waals surface area contributed by atoms with Gasteiger partial charge in [-0.3, -0.25) is 4.79 Å². The predicted octanol–water partition coefficient (Wildman–Crippen LogP) is 5.50. The van der Waals surface area contributed by atoms with Crippen LogP contribution in [0.15, 0.2) is 30.3 Å². The molecule has 1 atom stereocenters. The molecule has 9 nitrogen and oxygen atoms in total. The van der Waals surface area contributed by atoms with Crippen LogP contribution in [0.5, 0.6) is 0 Å². The van der Waals surface area contributed by atoms with Gasteiger partial charge in [0.05, 0.1) is 12.6 Å². The zero-order valence-electron chi connectivity index (χ0n) is 25.4. The van der Waals surface area contributed by atoms with Gasteiger partial charge in [-0.1, -0.05) is 51.1 Å². The van der Waals surface area contributed by atoms with Gasteiger partial charge >= 0.3 is 12.2 Å². The number of hydrogen-bond acceptors (Lipinski definition) is 6. The minimum atomic E-state index is -2.07. The Kier molecular flexibility index (Phi) is 11.4. The Hall–Kier alpha value is -2.59. The molecule has 0 aromatic heterocycles. The van der Waals surface area contributed by atoms with Crippen LogP contribution in [0.2, 0.25) is 18.1 Å². The monoisotopic (exact) mass is 563 g/mol. The fourth-order valence-electron chi connectivity index (χ4n) is 3.79. The maximum absolute atomic E-state index is 13.1. The number of piperazine rings is 1. The van der Waals surface area contributed by atoms with E-state index >= 15 is 0 Å². The van der Waals surface area contributed by atoms with E-state index in [1.807, 2.05) is 51.1 Å². The lowest BCUT2D eigenvalue weighted by Crippen LogP contribution is -2.52. The summed E-state index contributed by atoms with van der Waals surface area (Å²) in [4.78, 5) is 43.4. The van der Waals surface area contributed by atoms with E-state index in [9.17, 15) is 14.4 Å². The summed E-state index contributed by atoms with van der Waals surface area (Å²) in [6, 6.07) is 9.23. The molecule has 0 spiro atoms. The molecule has 1 unspecified atom stereocenters. The van der Waals surface area contributed by atoms with E-state index in [-0.39, 0.29) is 36.1 Å². The number of carbonyl (C=O) groups excluding carboxylic acids is 3. The van der Waals surface area contributed by atoms with Gasteiger partial charge in [-0.05, 0) is 50.9 Å². The largest absolute Gasteiger partial charge is 0.445 e. The first-order valence-corrected chi connectivity index (χ1v) is 16.7. The van der Waals surface area contributed by atoms with Crippen LogP contribution in [0.1, 0.15) is 59.9 Å². The summed E-state index contributed by atoms with van der Waals surface area (Å²) >= 11 is 0. The van der Waals surface area contributed by atoms with Gasteiger partial charge in [-0.15, -0.1) is 0 Å². The van der Waals surface area contributed by atoms with Gasteiger partial charge in [0.25, 0.3) is 0 Å². The highest BCUT2D eigenvalue weighted by Crippen LogP contribution is 2.36. The van der Waals surface area contributed by atoms with Crippen LogP contribution >= 0.6 is 0 Å². The standard InChI is InChI=1S/C29H49N3O6Si/c1-28(2,3)38-27(35)32-19-17-31(18-20-32)25(33)16-15-24(22-37-39(8,9)29(4,5)6)30(7)26(34)36-21-23-13-11-10-12-14-23/h10-14,24H,15-22H2,1-9H3. The fraction of sp³-hybridized carbons (Fsp3) is 0.690. The number of ether oxygens (including phenoxy) is 2. The average molecular weight is 564 g/mol. The summed E-state index contributed by atoms with van der Waals surface area (Å²) < 4.78 is 17.5.